The number of hydrogen-bond donors (Lipinski definition) is 0. The maximum atomic E-state index is 12.8. The molecule has 1 aromatic heterocycles. The number of imide groups is 1. The van der Waals surface area contributed by atoms with Crippen LogP contribution in [-0.2, 0) is 9.59 Å². The molecule has 2 aliphatic heterocycles. The van der Waals surface area contributed by atoms with Gasteiger partial charge in [-0.05, 0) is 30.5 Å². The minimum Gasteiger partial charge on any atom is -0.338 e. The highest BCUT2D eigenvalue weighted by Gasteiger charge is 2.44. The summed E-state index contributed by atoms with van der Waals surface area (Å²) >= 11 is 1.39. The van der Waals surface area contributed by atoms with Crippen LogP contribution in [-0.4, -0.2) is 77.2 Å². The van der Waals surface area contributed by atoms with Gasteiger partial charge in [-0.15, -0.1) is 11.3 Å². The van der Waals surface area contributed by atoms with Crippen molar-refractivity contribution in [1.82, 2.24) is 14.7 Å². The maximum Gasteiger partial charge on any atom is 0.332 e. The number of para-hydroxylation sites is 1. The second-order valence-corrected chi connectivity index (χ2v) is 8.19. The summed E-state index contributed by atoms with van der Waals surface area (Å²) in [7, 11) is 0. The van der Waals surface area contributed by atoms with Crippen LogP contribution in [0.1, 0.15) is 16.6 Å². The fraction of sp³-hybridized carbons (Fsp3) is 0.333. The van der Waals surface area contributed by atoms with E-state index in [0.29, 0.717) is 36.7 Å². The van der Waals surface area contributed by atoms with Gasteiger partial charge in [-0.2, -0.15) is 0 Å². The quantitative estimate of drug-likeness (QED) is 0.700. The lowest BCUT2D eigenvalue weighted by Crippen LogP contribution is -2.53. The van der Waals surface area contributed by atoms with Crippen LogP contribution >= 0.6 is 11.3 Å². The van der Waals surface area contributed by atoms with E-state index in [2.05, 4.69) is 0 Å². The van der Waals surface area contributed by atoms with Crippen LogP contribution in [0.5, 0.6) is 0 Å². The number of thiophene rings is 1. The Hall–Kier alpha value is -3.20. The monoisotopic (exact) mass is 426 g/mol. The first-order valence-electron chi connectivity index (χ1n) is 9.77. The highest BCUT2D eigenvalue weighted by Crippen LogP contribution is 2.25. The summed E-state index contributed by atoms with van der Waals surface area (Å²) in [4.78, 5) is 57.1. The molecule has 1 unspecified atom stereocenters. The number of urea groups is 1. The molecule has 0 spiro atoms. The first-order chi connectivity index (χ1) is 14.5. The Labute approximate surface area is 178 Å². The van der Waals surface area contributed by atoms with Crippen molar-refractivity contribution >= 4 is 40.8 Å². The zero-order valence-corrected chi connectivity index (χ0v) is 17.4. The summed E-state index contributed by atoms with van der Waals surface area (Å²) in [6, 6.07) is 11.4. The Kier molecular flexibility index (Phi) is 5.54. The van der Waals surface area contributed by atoms with E-state index in [1.54, 1.807) is 47.1 Å². The average molecular weight is 426 g/mol. The van der Waals surface area contributed by atoms with Gasteiger partial charge in [0.2, 0.25) is 5.91 Å². The van der Waals surface area contributed by atoms with Crippen LogP contribution in [0.2, 0.25) is 0 Å². The fourth-order valence-electron chi connectivity index (χ4n) is 3.74. The highest BCUT2D eigenvalue weighted by molar-refractivity contribution is 7.12. The van der Waals surface area contributed by atoms with Crippen molar-refractivity contribution < 1.29 is 19.2 Å². The molecule has 0 aliphatic carbocycles. The van der Waals surface area contributed by atoms with Crippen molar-refractivity contribution in [3.8, 4) is 0 Å². The van der Waals surface area contributed by atoms with Gasteiger partial charge in [0.15, 0.2) is 0 Å². The molecule has 0 saturated carbocycles. The number of benzene rings is 1. The predicted molar refractivity (Wildman–Crippen MR) is 112 cm³/mol. The van der Waals surface area contributed by atoms with Gasteiger partial charge >= 0.3 is 6.03 Å². The first kappa shape index (κ1) is 20.1. The van der Waals surface area contributed by atoms with E-state index in [0.717, 1.165) is 4.90 Å². The standard InChI is InChI=1S/C21H22N4O4S/c1-15-19(27)24(21(29)25(15)16-6-3-2-4-7-16)14-18(26)22-9-11-23(12-10-22)20(28)17-8-5-13-30-17/h2-8,13,15H,9-12,14H2,1H3. The minimum atomic E-state index is -0.659. The van der Waals surface area contributed by atoms with Crippen molar-refractivity contribution in [2.75, 3.05) is 37.6 Å². The summed E-state index contributed by atoms with van der Waals surface area (Å²) in [5.74, 6) is -0.708. The SMILES string of the molecule is CC1C(=O)N(CC(=O)N2CCN(C(=O)c3cccs3)CC2)C(=O)N1c1ccccc1. The molecule has 2 aliphatic rings. The molecule has 0 bridgehead atoms. The highest BCUT2D eigenvalue weighted by atomic mass is 32.1. The van der Waals surface area contributed by atoms with Crippen LogP contribution in [0.3, 0.4) is 0 Å². The minimum absolute atomic E-state index is 0.0330. The van der Waals surface area contributed by atoms with Crippen molar-refractivity contribution in [1.29, 1.82) is 0 Å². The molecular weight excluding hydrogens is 404 g/mol. The second kappa shape index (κ2) is 8.27. The molecule has 3 heterocycles. The van der Waals surface area contributed by atoms with Gasteiger partial charge in [-0.1, -0.05) is 24.3 Å². The number of carbonyl (C=O) groups excluding carboxylic acids is 4. The molecule has 0 radical (unpaired) electrons. The number of rotatable bonds is 4. The molecule has 5 amide bonds. The van der Waals surface area contributed by atoms with Gasteiger partial charge in [0, 0.05) is 31.9 Å². The first-order valence-corrected chi connectivity index (χ1v) is 10.7. The van der Waals surface area contributed by atoms with Crippen molar-refractivity contribution in [3.63, 3.8) is 0 Å². The summed E-state index contributed by atoms with van der Waals surface area (Å²) < 4.78 is 0. The van der Waals surface area contributed by atoms with E-state index in [-0.39, 0.29) is 24.3 Å². The number of hydrogen-bond acceptors (Lipinski definition) is 5. The van der Waals surface area contributed by atoms with Gasteiger partial charge in [-0.25, -0.2) is 4.79 Å². The van der Waals surface area contributed by atoms with Crippen LogP contribution in [0.25, 0.3) is 0 Å². The normalized spacial score (nSPS) is 19.6. The van der Waals surface area contributed by atoms with Crippen LogP contribution in [0.15, 0.2) is 47.8 Å². The van der Waals surface area contributed by atoms with E-state index >= 15 is 0 Å². The van der Waals surface area contributed by atoms with Crippen LogP contribution in [0, 0.1) is 0 Å². The average Bonchev–Trinajstić information content (AvgIpc) is 3.38. The second-order valence-electron chi connectivity index (χ2n) is 7.24. The Balaban J connectivity index is 1.37. The number of amides is 5. The molecule has 9 heteroatoms. The Morgan fingerprint density at radius 2 is 1.63 bits per heavy atom. The molecule has 2 aromatic rings. The van der Waals surface area contributed by atoms with Crippen LogP contribution in [0.4, 0.5) is 10.5 Å². The summed E-state index contributed by atoms with van der Waals surface area (Å²) in [5.41, 5.74) is 0.624. The molecule has 1 atom stereocenters. The van der Waals surface area contributed by atoms with E-state index in [1.807, 2.05) is 17.5 Å². The van der Waals surface area contributed by atoms with E-state index in [4.69, 9.17) is 0 Å². The molecule has 8 nitrogen and oxygen atoms in total. The fourth-order valence-corrected chi connectivity index (χ4v) is 4.44. The van der Waals surface area contributed by atoms with Crippen LogP contribution < -0.4 is 4.90 Å². The Morgan fingerprint density at radius 3 is 2.27 bits per heavy atom. The third-order valence-corrected chi connectivity index (χ3v) is 6.28. The molecule has 2 fully saturated rings. The van der Waals surface area contributed by atoms with Crippen molar-refractivity contribution in [3.05, 3.63) is 52.7 Å². The molecule has 2 saturated heterocycles. The van der Waals surface area contributed by atoms with Gasteiger partial charge in [0.1, 0.15) is 12.6 Å². The number of carbonyl (C=O) groups is 4. The third kappa shape index (κ3) is 3.68. The predicted octanol–water partition coefficient (Wildman–Crippen LogP) is 1.89. The van der Waals surface area contributed by atoms with E-state index in [9.17, 15) is 19.2 Å². The molecule has 156 valence electrons. The van der Waals surface area contributed by atoms with Crippen molar-refractivity contribution in [2.45, 2.75) is 13.0 Å². The smallest absolute Gasteiger partial charge is 0.332 e. The maximum absolute atomic E-state index is 12.8. The molecule has 0 N–H and O–H groups in total. The number of piperazine rings is 1. The van der Waals surface area contributed by atoms with Crippen molar-refractivity contribution in [2.24, 2.45) is 0 Å². The van der Waals surface area contributed by atoms with Gasteiger partial charge < -0.3 is 9.80 Å². The van der Waals surface area contributed by atoms with E-state index in [1.165, 1.54) is 16.2 Å². The lowest BCUT2D eigenvalue weighted by Gasteiger charge is -2.35. The third-order valence-electron chi connectivity index (χ3n) is 5.43. The lowest BCUT2D eigenvalue weighted by atomic mass is 10.2. The largest absolute Gasteiger partial charge is 0.338 e. The lowest BCUT2D eigenvalue weighted by molar-refractivity contribution is -0.138. The summed E-state index contributed by atoms with van der Waals surface area (Å²) in [5, 5.41) is 1.86. The number of nitrogens with zero attached hydrogens (tertiary/aromatic N) is 4. The van der Waals surface area contributed by atoms with Gasteiger partial charge in [0.05, 0.1) is 4.88 Å². The molecule has 1 aromatic carbocycles. The summed E-state index contributed by atoms with van der Waals surface area (Å²) in [6.07, 6.45) is 0. The zero-order chi connectivity index (χ0) is 21.3. The molecule has 30 heavy (non-hydrogen) atoms. The Bertz CT molecular complexity index is 955. The Morgan fingerprint density at radius 1 is 0.967 bits per heavy atom. The summed E-state index contributed by atoms with van der Waals surface area (Å²) in [6.45, 7) is 2.99. The van der Waals surface area contributed by atoms with E-state index < -0.39 is 12.1 Å². The van der Waals surface area contributed by atoms with Gasteiger partial charge in [0.25, 0.3) is 11.8 Å². The molecular formula is C21H22N4O4S. The topological polar surface area (TPSA) is 81.2 Å². The number of anilines is 1. The molecule has 4 rings (SSSR count). The zero-order valence-electron chi connectivity index (χ0n) is 16.6. The van der Waals surface area contributed by atoms with Gasteiger partial charge in [-0.3, -0.25) is 24.2 Å².